The number of amides is 2. The van der Waals surface area contributed by atoms with Crippen LogP contribution < -0.4 is 20.1 Å². The van der Waals surface area contributed by atoms with Crippen molar-refractivity contribution in [2.45, 2.75) is 18.9 Å². The van der Waals surface area contributed by atoms with Gasteiger partial charge in [0.15, 0.2) is 5.13 Å². The predicted molar refractivity (Wildman–Crippen MR) is 145 cm³/mol. The minimum Gasteiger partial charge on any atom is -0.489 e. The molecule has 12 heteroatoms. The molecule has 2 amide bonds. The van der Waals surface area contributed by atoms with Crippen LogP contribution in [-0.4, -0.2) is 58.4 Å². The number of nitriles is 1. The molecule has 0 unspecified atom stereocenters. The number of anilines is 2. The van der Waals surface area contributed by atoms with Crippen molar-refractivity contribution < 1.29 is 23.8 Å². The number of halogens is 1. The molecular formula is C27H25FN6O4S. The van der Waals surface area contributed by atoms with Crippen LogP contribution in [0.5, 0.6) is 17.2 Å². The van der Waals surface area contributed by atoms with Gasteiger partial charge in [-0.15, -0.1) is 11.3 Å². The highest BCUT2D eigenvalue weighted by Crippen LogP contribution is 2.34. The van der Waals surface area contributed by atoms with Crippen molar-refractivity contribution in [2.75, 3.05) is 36.9 Å². The number of hydrogen-bond donors (Lipinski definition) is 3. The molecule has 1 atom stereocenters. The summed E-state index contributed by atoms with van der Waals surface area (Å²) in [6.45, 7) is 2.51. The van der Waals surface area contributed by atoms with E-state index in [1.165, 1.54) is 29.7 Å². The summed E-state index contributed by atoms with van der Waals surface area (Å²) in [5.41, 5.74) is 0.732. The molecule has 1 aliphatic rings. The van der Waals surface area contributed by atoms with Crippen LogP contribution in [0.15, 0.2) is 54.2 Å². The number of urea groups is 1. The third-order valence-corrected chi connectivity index (χ3v) is 6.78. The van der Waals surface area contributed by atoms with Crippen molar-refractivity contribution in [1.29, 1.82) is 5.26 Å². The molecule has 0 aliphatic carbocycles. The average molecular weight is 549 g/mol. The molecule has 5 rings (SSSR count). The molecule has 3 N–H and O–H groups in total. The predicted octanol–water partition coefficient (Wildman–Crippen LogP) is 4.97. The van der Waals surface area contributed by atoms with Crippen LogP contribution in [0.4, 0.5) is 20.0 Å². The molecular weight excluding hydrogens is 523 g/mol. The molecule has 0 radical (unpaired) electrons. The van der Waals surface area contributed by atoms with Gasteiger partial charge in [-0.1, -0.05) is 0 Å². The van der Waals surface area contributed by atoms with E-state index < -0.39 is 18.0 Å². The Morgan fingerprint density at radius 1 is 1.15 bits per heavy atom. The number of rotatable bonds is 9. The van der Waals surface area contributed by atoms with Gasteiger partial charge in [-0.2, -0.15) is 5.26 Å². The van der Waals surface area contributed by atoms with E-state index in [2.05, 4.69) is 31.6 Å². The maximum atomic E-state index is 14.7. The second kappa shape index (κ2) is 12.0. The number of fused-ring (bicyclic) bond motifs is 1. The summed E-state index contributed by atoms with van der Waals surface area (Å²) in [5, 5.41) is 27.7. The number of hydrogen-bond acceptors (Lipinski definition) is 9. The maximum Gasteiger partial charge on any atom is 0.325 e. The van der Waals surface area contributed by atoms with E-state index in [-0.39, 0.29) is 23.6 Å². The summed E-state index contributed by atoms with van der Waals surface area (Å²) in [7, 11) is 0. The first-order chi connectivity index (χ1) is 19.0. The number of thiazole rings is 1. The van der Waals surface area contributed by atoms with E-state index in [9.17, 15) is 19.6 Å². The van der Waals surface area contributed by atoms with Gasteiger partial charge in [0.25, 0.3) is 0 Å². The summed E-state index contributed by atoms with van der Waals surface area (Å²) in [5.74, 6) is 0.169. The standard InChI is InChI=1S/C27H25FN6O4S/c28-21-12-19(3-4-22(21)32-26(36)33-27-31-7-10-39-27)38-24-5-6-30-23-13-25(17(14-29)11-20(23)24)37-16-18(35)15-34-8-1-2-9-34/h3-7,10-13,18,35H,1-2,8-9,15-16H2,(H2,31,32,33,36)/t18-/m1/s1. The quantitative estimate of drug-likeness (QED) is 0.267. The van der Waals surface area contributed by atoms with Crippen LogP contribution in [0.3, 0.4) is 0 Å². The third kappa shape index (κ3) is 6.58. The lowest BCUT2D eigenvalue weighted by Gasteiger charge is -2.20. The number of benzene rings is 2. The van der Waals surface area contributed by atoms with Crippen LogP contribution >= 0.6 is 11.3 Å². The average Bonchev–Trinajstić information content (AvgIpc) is 3.63. The summed E-state index contributed by atoms with van der Waals surface area (Å²) in [6.07, 6.45) is 4.66. The van der Waals surface area contributed by atoms with Gasteiger partial charge in [0.05, 0.1) is 16.8 Å². The molecule has 39 heavy (non-hydrogen) atoms. The first-order valence-corrected chi connectivity index (χ1v) is 13.2. The number of likely N-dealkylation sites (tertiary alicyclic amines) is 1. The van der Waals surface area contributed by atoms with Crippen LogP contribution in [0.25, 0.3) is 10.9 Å². The molecule has 4 aromatic rings. The molecule has 1 saturated heterocycles. The maximum absolute atomic E-state index is 14.7. The Hall–Kier alpha value is -4.31. The van der Waals surface area contributed by atoms with Crippen molar-refractivity contribution in [1.82, 2.24) is 14.9 Å². The molecule has 2 aromatic carbocycles. The lowest BCUT2D eigenvalue weighted by atomic mass is 10.1. The van der Waals surface area contributed by atoms with Gasteiger partial charge in [0.2, 0.25) is 0 Å². The Bertz CT molecular complexity index is 1500. The van der Waals surface area contributed by atoms with Crippen molar-refractivity contribution in [3.05, 3.63) is 65.6 Å². The summed E-state index contributed by atoms with van der Waals surface area (Å²) in [6, 6.07) is 10.4. The molecule has 10 nitrogen and oxygen atoms in total. The summed E-state index contributed by atoms with van der Waals surface area (Å²) >= 11 is 1.24. The van der Waals surface area contributed by atoms with E-state index >= 15 is 0 Å². The Labute approximate surface area is 227 Å². The van der Waals surface area contributed by atoms with Gasteiger partial charge >= 0.3 is 6.03 Å². The smallest absolute Gasteiger partial charge is 0.325 e. The lowest BCUT2D eigenvalue weighted by Crippen LogP contribution is -2.33. The van der Waals surface area contributed by atoms with Gasteiger partial charge < -0.3 is 24.8 Å². The number of carbonyl (C=O) groups excluding carboxylic acids is 1. The summed E-state index contributed by atoms with van der Waals surface area (Å²) in [4.78, 5) is 22.6. The van der Waals surface area contributed by atoms with Crippen molar-refractivity contribution in [3.63, 3.8) is 0 Å². The zero-order valence-electron chi connectivity index (χ0n) is 20.8. The number of aromatic nitrogens is 2. The first kappa shape index (κ1) is 26.3. The topological polar surface area (TPSA) is 133 Å². The third-order valence-electron chi connectivity index (χ3n) is 6.09. The molecule has 3 heterocycles. The first-order valence-electron chi connectivity index (χ1n) is 12.3. The number of nitrogens with one attached hydrogen (secondary N) is 2. The van der Waals surface area contributed by atoms with Crippen LogP contribution in [-0.2, 0) is 0 Å². The van der Waals surface area contributed by atoms with E-state index in [1.54, 1.807) is 29.8 Å². The van der Waals surface area contributed by atoms with Crippen molar-refractivity contribution >= 4 is 39.1 Å². The van der Waals surface area contributed by atoms with Gasteiger partial charge in [-0.3, -0.25) is 10.3 Å². The summed E-state index contributed by atoms with van der Waals surface area (Å²) < 4.78 is 26.4. The SMILES string of the molecule is N#Cc1cc2c(Oc3ccc(NC(=O)Nc4nccs4)c(F)c3)ccnc2cc1OC[C@H](O)CN1CCCC1. The van der Waals surface area contributed by atoms with Crippen molar-refractivity contribution in [3.8, 4) is 23.3 Å². The minimum absolute atomic E-state index is 0.0310. The Morgan fingerprint density at radius 2 is 2.00 bits per heavy atom. The van der Waals surface area contributed by atoms with E-state index in [0.29, 0.717) is 34.1 Å². The number of aliphatic hydroxyl groups excluding tert-OH is 1. The second-order valence-electron chi connectivity index (χ2n) is 8.92. The molecule has 1 aliphatic heterocycles. The zero-order valence-corrected chi connectivity index (χ0v) is 21.6. The normalized spacial score (nSPS) is 14.1. The largest absolute Gasteiger partial charge is 0.489 e. The zero-order chi connectivity index (χ0) is 27.2. The number of carbonyl (C=O) groups is 1. The van der Waals surface area contributed by atoms with Gasteiger partial charge in [-0.05, 0) is 50.2 Å². The Kier molecular flexibility index (Phi) is 8.12. The highest BCUT2D eigenvalue weighted by molar-refractivity contribution is 7.13. The van der Waals surface area contributed by atoms with Gasteiger partial charge in [0, 0.05) is 41.8 Å². The minimum atomic E-state index is -0.693. The molecule has 200 valence electrons. The highest BCUT2D eigenvalue weighted by Gasteiger charge is 2.18. The highest BCUT2D eigenvalue weighted by atomic mass is 32.1. The van der Waals surface area contributed by atoms with Crippen LogP contribution in [0, 0.1) is 17.1 Å². The number of ether oxygens (including phenoxy) is 2. The van der Waals surface area contributed by atoms with Crippen LogP contribution in [0.1, 0.15) is 18.4 Å². The number of aliphatic hydroxyl groups is 1. The monoisotopic (exact) mass is 548 g/mol. The fourth-order valence-electron chi connectivity index (χ4n) is 4.27. The lowest BCUT2D eigenvalue weighted by molar-refractivity contribution is 0.0758. The molecule has 0 spiro atoms. The second-order valence-corrected chi connectivity index (χ2v) is 9.81. The Morgan fingerprint density at radius 3 is 2.74 bits per heavy atom. The van der Waals surface area contributed by atoms with E-state index in [0.717, 1.165) is 32.0 Å². The number of β-amino-alcohol motifs (C(OH)–C–C–N with tert-alkyl or cyclic N) is 1. The van der Waals surface area contributed by atoms with Crippen molar-refractivity contribution in [2.24, 2.45) is 0 Å². The van der Waals surface area contributed by atoms with E-state index in [4.69, 9.17) is 9.47 Å². The van der Waals surface area contributed by atoms with Gasteiger partial charge in [-0.25, -0.2) is 14.2 Å². The number of nitrogens with zero attached hydrogens (tertiary/aromatic N) is 4. The van der Waals surface area contributed by atoms with Gasteiger partial charge in [0.1, 0.15) is 41.8 Å². The molecule has 2 aromatic heterocycles. The number of pyridine rings is 1. The molecule has 1 fully saturated rings. The fourth-order valence-corrected chi connectivity index (χ4v) is 4.79. The molecule has 0 bridgehead atoms. The van der Waals surface area contributed by atoms with Crippen LogP contribution in [0.2, 0.25) is 0 Å². The Balaban J connectivity index is 1.28. The van der Waals surface area contributed by atoms with E-state index in [1.807, 2.05) is 0 Å². The molecule has 0 saturated carbocycles. The fraction of sp³-hybridized carbons (Fsp3) is 0.259.